The maximum Gasteiger partial charge on any atom is 0.329 e. The molecule has 2 N–H and O–H groups in total. The van der Waals surface area contributed by atoms with E-state index in [0.717, 1.165) is 16.5 Å². The van der Waals surface area contributed by atoms with Gasteiger partial charge in [0, 0.05) is 26.4 Å². The van der Waals surface area contributed by atoms with Gasteiger partial charge in [0.25, 0.3) is 0 Å². The lowest BCUT2D eigenvalue weighted by molar-refractivity contribution is 0.206. The third-order valence-electron chi connectivity index (χ3n) is 2.67. The Hall–Kier alpha value is -1.60. The second-order valence-corrected chi connectivity index (χ2v) is 4.32. The van der Waals surface area contributed by atoms with E-state index < -0.39 is 6.03 Å². The summed E-state index contributed by atoms with van der Waals surface area (Å²) in [6, 6.07) is 4.77. The van der Waals surface area contributed by atoms with Gasteiger partial charge in [-0.05, 0) is 18.2 Å². The summed E-state index contributed by atoms with van der Waals surface area (Å²) in [5, 5.41) is 0. The number of carbonyl (C=O) groups excluding carboxylic acids is 1. The Bertz CT molecular complexity index is 442. The number of methoxy groups -OCH3 is 2. The van der Waals surface area contributed by atoms with Crippen LogP contribution in [0.5, 0.6) is 5.75 Å². The van der Waals surface area contributed by atoms with Crippen molar-refractivity contribution < 1.29 is 14.3 Å². The van der Waals surface area contributed by atoms with Crippen molar-refractivity contribution in [2.24, 2.45) is 5.73 Å². The van der Waals surface area contributed by atoms with E-state index in [-0.39, 0.29) is 0 Å². The fraction of sp³-hybridized carbons (Fsp3) is 0.417. The molecule has 106 valence electrons. The fourth-order valence-corrected chi connectivity index (χ4v) is 1.71. The molecule has 0 spiro atoms. The van der Waals surface area contributed by atoms with E-state index in [1.807, 2.05) is 18.0 Å². The van der Waals surface area contributed by atoms with E-state index in [0.29, 0.717) is 18.0 Å². The number of urea groups is 1. The van der Waals surface area contributed by atoms with Crippen LogP contribution in [0.3, 0.4) is 0 Å². The molecule has 0 saturated heterocycles. The van der Waals surface area contributed by atoms with Crippen LogP contribution in [0.2, 0.25) is 0 Å². The summed E-state index contributed by atoms with van der Waals surface area (Å²) in [5.41, 5.74) is 6.63. The first-order valence-electron chi connectivity index (χ1n) is 5.67. The Balaban J connectivity index is 3.04. The number of anilines is 2. The molecule has 0 heterocycles. The van der Waals surface area contributed by atoms with Gasteiger partial charge in [0.1, 0.15) is 11.4 Å². The summed E-state index contributed by atoms with van der Waals surface area (Å²) in [6.45, 7) is 1.34. The highest BCUT2D eigenvalue weighted by Gasteiger charge is 2.15. The molecule has 0 unspecified atom stereocenters. The molecule has 1 aromatic rings. The average molecular weight is 285 g/mol. The normalized spacial score (nSPS) is 10.1. The van der Waals surface area contributed by atoms with Gasteiger partial charge < -0.3 is 20.1 Å². The lowest BCUT2D eigenvalue weighted by Gasteiger charge is -2.22. The van der Waals surface area contributed by atoms with Crippen molar-refractivity contribution in [1.82, 2.24) is 0 Å². The van der Waals surface area contributed by atoms with Crippen molar-refractivity contribution in [3.63, 3.8) is 0 Å². The Morgan fingerprint density at radius 2 is 2.11 bits per heavy atom. The zero-order valence-electron chi connectivity index (χ0n) is 11.3. The second-order valence-electron chi connectivity index (χ2n) is 3.92. The third-order valence-corrected chi connectivity index (χ3v) is 3.08. The molecule has 1 rings (SSSR count). The predicted octanol–water partition coefficient (Wildman–Crippen LogP) is 1.51. The van der Waals surface area contributed by atoms with Gasteiger partial charge in [-0.25, -0.2) is 9.10 Å². The van der Waals surface area contributed by atoms with Crippen molar-refractivity contribution in [3.8, 4) is 5.75 Å². The SMILES string of the molecule is COCCN(C)c1ccc(OC)c(N(S)C(N)=O)c1. The number of nitrogens with zero attached hydrogens (tertiary/aromatic N) is 2. The number of primary amides is 1. The summed E-state index contributed by atoms with van der Waals surface area (Å²) in [7, 11) is 5.10. The number of rotatable bonds is 6. The highest BCUT2D eigenvalue weighted by molar-refractivity contribution is 7.82. The molecule has 0 aromatic heterocycles. The first-order chi connectivity index (χ1) is 9.01. The van der Waals surface area contributed by atoms with E-state index >= 15 is 0 Å². The van der Waals surface area contributed by atoms with Gasteiger partial charge in [-0.15, -0.1) is 0 Å². The molecule has 0 atom stereocenters. The van der Waals surface area contributed by atoms with E-state index in [1.54, 1.807) is 19.2 Å². The molecule has 1 aromatic carbocycles. The number of hydrogen-bond donors (Lipinski definition) is 2. The van der Waals surface area contributed by atoms with E-state index in [4.69, 9.17) is 15.2 Å². The largest absolute Gasteiger partial charge is 0.495 e. The minimum atomic E-state index is -0.668. The minimum Gasteiger partial charge on any atom is -0.495 e. The van der Waals surface area contributed by atoms with E-state index in [2.05, 4.69) is 12.8 Å². The summed E-state index contributed by atoms with van der Waals surface area (Å²) in [6.07, 6.45) is 0. The number of carbonyl (C=O) groups is 1. The molecule has 7 heteroatoms. The van der Waals surface area contributed by atoms with Crippen LogP contribution < -0.4 is 19.7 Å². The van der Waals surface area contributed by atoms with Gasteiger partial charge in [0.05, 0.1) is 13.7 Å². The highest BCUT2D eigenvalue weighted by Crippen LogP contribution is 2.33. The zero-order chi connectivity index (χ0) is 14.4. The maximum absolute atomic E-state index is 11.2. The zero-order valence-corrected chi connectivity index (χ0v) is 12.2. The van der Waals surface area contributed by atoms with Gasteiger partial charge in [-0.1, -0.05) is 12.8 Å². The second kappa shape index (κ2) is 7.10. The number of likely N-dealkylation sites (N-methyl/N-ethyl adjacent to an activating group) is 1. The van der Waals surface area contributed by atoms with Gasteiger partial charge in [-0.3, -0.25) is 0 Å². The fourth-order valence-electron chi connectivity index (χ4n) is 1.56. The molecule has 0 saturated carbocycles. The summed E-state index contributed by atoms with van der Waals surface area (Å²) >= 11 is 4.06. The number of hydrogen-bond acceptors (Lipinski definition) is 5. The van der Waals surface area contributed by atoms with Crippen LogP contribution in [0.15, 0.2) is 18.2 Å². The van der Waals surface area contributed by atoms with Gasteiger partial charge in [0.2, 0.25) is 0 Å². The quantitative estimate of drug-likeness (QED) is 0.777. The topological polar surface area (TPSA) is 68.0 Å². The van der Waals surface area contributed by atoms with Crippen molar-refractivity contribution in [1.29, 1.82) is 0 Å². The molecular weight excluding hydrogens is 266 g/mol. The molecule has 19 heavy (non-hydrogen) atoms. The molecule has 0 radical (unpaired) electrons. The van der Waals surface area contributed by atoms with Crippen LogP contribution in [-0.4, -0.2) is 40.5 Å². The number of nitrogens with two attached hydrogens (primary N) is 1. The van der Waals surface area contributed by atoms with Crippen molar-refractivity contribution >= 4 is 30.2 Å². The highest BCUT2D eigenvalue weighted by atomic mass is 32.1. The van der Waals surface area contributed by atoms with Gasteiger partial charge >= 0.3 is 6.03 Å². The predicted molar refractivity (Wildman–Crippen MR) is 79.2 cm³/mol. The Labute approximate surface area is 118 Å². The number of thiol groups is 1. The van der Waals surface area contributed by atoms with Crippen molar-refractivity contribution in [2.45, 2.75) is 0 Å². The monoisotopic (exact) mass is 285 g/mol. The van der Waals surface area contributed by atoms with E-state index in [1.165, 1.54) is 7.11 Å². The Morgan fingerprint density at radius 3 is 2.63 bits per heavy atom. The molecular formula is C12H19N3O3S. The summed E-state index contributed by atoms with van der Waals surface area (Å²) < 4.78 is 11.3. The number of benzene rings is 1. The van der Waals surface area contributed by atoms with Crippen LogP contribution in [0.1, 0.15) is 0 Å². The summed E-state index contributed by atoms with van der Waals surface area (Å²) in [5.74, 6) is 0.526. The third kappa shape index (κ3) is 3.93. The van der Waals surface area contributed by atoms with Crippen molar-refractivity contribution in [3.05, 3.63) is 18.2 Å². The molecule has 2 amide bonds. The molecule has 0 aliphatic rings. The van der Waals surface area contributed by atoms with Crippen LogP contribution in [0.25, 0.3) is 0 Å². The standard InChI is InChI=1S/C12H19N3O3S/c1-14(6-7-17-2)9-4-5-11(18-3)10(8-9)15(19)12(13)16/h4-5,8,19H,6-7H2,1-3H3,(H2,13,16). The molecule has 0 fully saturated rings. The first-order valence-corrected chi connectivity index (χ1v) is 6.07. The number of amides is 2. The molecule has 0 aliphatic carbocycles. The smallest absolute Gasteiger partial charge is 0.329 e. The van der Waals surface area contributed by atoms with Crippen LogP contribution in [-0.2, 0) is 4.74 Å². The molecule has 0 bridgehead atoms. The van der Waals surface area contributed by atoms with Crippen LogP contribution in [0, 0.1) is 0 Å². The van der Waals surface area contributed by atoms with Crippen LogP contribution in [0.4, 0.5) is 16.2 Å². The van der Waals surface area contributed by atoms with Crippen molar-refractivity contribution in [2.75, 3.05) is 43.6 Å². The average Bonchev–Trinajstić information content (AvgIpc) is 2.42. The first kappa shape index (κ1) is 15.5. The Kier molecular flexibility index (Phi) is 5.78. The van der Waals surface area contributed by atoms with Gasteiger partial charge in [-0.2, -0.15) is 0 Å². The lowest BCUT2D eigenvalue weighted by atomic mass is 10.2. The molecule has 6 nitrogen and oxygen atoms in total. The van der Waals surface area contributed by atoms with Crippen LogP contribution >= 0.6 is 12.8 Å². The van der Waals surface area contributed by atoms with Gasteiger partial charge in [0.15, 0.2) is 0 Å². The Morgan fingerprint density at radius 1 is 1.42 bits per heavy atom. The molecule has 0 aliphatic heterocycles. The lowest BCUT2D eigenvalue weighted by Crippen LogP contribution is -2.28. The van der Waals surface area contributed by atoms with E-state index in [9.17, 15) is 4.79 Å². The maximum atomic E-state index is 11.2. The number of ether oxygens (including phenoxy) is 2. The summed E-state index contributed by atoms with van der Waals surface area (Å²) in [4.78, 5) is 13.2. The minimum absolute atomic E-state index is 0.500.